The zero-order valence-electron chi connectivity index (χ0n) is 21.1. The van der Waals surface area contributed by atoms with Crippen LogP contribution in [0.25, 0.3) is 12.2 Å². The number of ketones is 1. The molecular weight excluding hydrogens is 503 g/mol. The first-order chi connectivity index (χ1) is 18.2. The van der Waals surface area contributed by atoms with Gasteiger partial charge < -0.3 is 29.0 Å². The van der Waals surface area contributed by atoms with E-state index in [1.807, 2.05) is 36.4 Å². The van der Waals surface area contributed by atoms with E-state index < -0.39 is 17.9 Å². The van der Waals surface area contributed by atoms with Crippen LogP contribution in [0.15, 0.2) is 66.9 Å². The maximum absolute atomic E-state index is 12.4. The Balaban J connectivity index is 1.74. The van der Waals surface area contributed by atoms with Gasteiger partial charge in [-0.1, -0.05) is 18.2 Å². The summed E-state index contributed by atoms with van der Waals surface area (Å²) in [5.41, 5.74) is 2.45. The first-order valence-electron chi connectivity index (χ1n) is 11.2. The van der Waals surface area contributed by atoms with Crippen molar-refractivity contribution in [3.63, 3.8) is 0 Å². The Morgan fingerprint density at radius 1 is 0.763 bits per heavy atom. The second-order valence-electron chi connectivity index (χ2n) is 7.67. The standard InChI is InChI=1S/C28H26F3NO6/c1-34-24-12-7-18(5-6-19-16-25(35-2)27(37-4)26(17-19)36-3)15-22(24)32-14-13-23(33)20-8-10-21(11-9-20)38-28(29,30)31/h5-17,32H,1-4H3/b6-5-,14-13-. The van der Waals surface area contributed by atoms with Crippen LogP contribution in [-0.4, -0.2) is 40.6 Å². The molecule has 1 N–H and O–H groups in total. The number of ether oxygens (including phenoxy) is 5. The molecule has 0 heterocycles. The Bertz CT molecular complexity index is 1290. The van der Waals surface area contributed by atoms with Gasteiger partial charge in [-0.05, 0) is 59.7 Å². The highest BCUT2D eigenvalue weighted by Gasteiger charge is 2.31. The molecule has 0 spiro atoms. The lowest BCUT2D eigenvalue weighted by atomic mass is 10.1. The van der Waals surface area contributed by atoms with E-state index in [9.17, 15) is 18.0 Å². The summed E-state index contributed by atoms with van der Waals surface area (Å²) < 4.78 is 62.2. The van der Waals surface area contributed by atoms with E-state index in [2.05, 4.69) is 10.1 Å². The summed E-state index contributed by atoms with van der Waals surface area (Å²) in [6.45, 7) is 0. The van der Waals surface area contributed by atoms with Crippen molar-refractivity contribution < 1.29 is 41.7 Å². The topological polar surface area (TPSA) is 75.3 Å². The third kappa shape index (κ3) is 7.45. The van der Waals surface area contributed by atoms with E-state index in [0.29, 0.717) is 28.7 Å². The predicted molar refractivity (Wildman–Crippen MR) is 138 cm³/mol. The van der Waals surface area contributed by atoms with Crippen LogP contribution in [0.3, 0.4) is 0 Å². The first-order valence-corrected chi connectivity index (χ1v) is 11.2. The Morgan fingerprint density at radius 2 is 1.37 bits per heavy atom. The summed E-state index contributed by atoms with van der Waals surface area (Å²) in [6, 6.07) is 13.7. The summed E-state index contributed by atoms with van der Waals surface area (Å²) >= 11 is 0. The van der Waals surface area contributed by atoms with Gasteiger partial charge in [-0.3, -0.25) is 4.79 Å². The molecule has 0 atom stereocenters. The predicted octanol–water partition coefficient (Wildman–Crippen LogP) is 6.60. The van der Waals surface area contributed by atoms with Crippen molar-refractivity contribution in [3.05, 3.63) is 83.6 Å². The van der Waals surface area contributed by atoms with Crippen molar-refractivity contribution in [3.8, 4) is 28.7 Å². The van der Waals surface area contributed by atoms with Crippen LogP contribution in [-0.2, 0) is 0 Å². The van der Waals surface area contributed by atoms with Gasteiger partial charge in [0.15, 0.2) is 17.3 Å². The molecule has 3 aromatic carbocycles. The lowest BCUT2D eigenvalue weighted by Crippen LogP contribution is -2.17. The van der Waals surface area contributed by atoms with Gasteiger partial charge in [-0.2, -0.15) is 0 Å². The summed E-state index contributed by atoms with van der Waals surface area (Å²) in [6.07, 6.45) is 1.64. The molecule has 0 radical (unpaired) electrons. The number of methoxy groups -OCH3 is 4. The molecule has 0 aliphatic heterocycles. The molecule has 0 unspecified atom stereocenters. The van der Waals surface area contributed by atoms with E-state index >= 15 is 0 Å². The normalized spacial score (nSPS) is 11.4. The molecular formula is C28H26F3NO6. The Morgan fingerprint density at radius 3 is 1.92 bits per heavy atom. The molecule has 0 aliphatic carbocycles. The molecule has 0 aliphatic rings. The lowest BCUT2D eigenvalue weighted by Gasteiger charge is -2.13. The van der Waals surface area contributed by atoms with Gasteiger partial charge in [0.1, 0.15) is 11.5 Å². The van der Waals surface area contributed by atoms with Crippen LogP contribution >= 0.6 is 0 Å². The molecule has 0 saturated heterocycles. The fourth-order valence-corrected chi connectivity index (χ4v) is 3.46. The lowest BCUT2D eigenvalue weighted by molar-refractivity contribution is -0.274. The van der Waals surface area contributed by atoms with Gasteiger partial charge in [-0.25, -0.2) is 0 Å². The number of nitrogens with one attached hydrogen (secondary N) is 1. The number of anilines is 1. The second kappa shape index (κ2) is 12.6. The minimum Gasteiger partial charge on any atom is -0.495 e. The number of rotatable bonds is 11. The number of hydrogen-bond acceptors (Lipinski definition) is 7. The van der Waals surface area contributed by atoms with Crippen LogP contribution in [0.4, 0.5) is 18.9 Å². The maximum Gasteiger partial charge on any atom is 0.573 e. The number of allylic oxidation sites excluding steroid dienone is 1. The van der Waals surface area contributed by atoms with Crippen molar-refractivity contribution in [1.82, 2.24) is 0 Å². The SMILES string of the molecule is COc1ccc(/C=C\c2cc(OC)c(OC)c(OC)c2)cc1N/C=C\C(=O)c1ccc(OC(F)(F)F)cc1. The number of hydrogen-bond donors (Lipinski definition) is 1. The van der Waals surface area contributed by atoms with Crippen molar-refractivity contribution in [1.29, 1.82) is 0 Å². The van der Waals surface area contributed by atoms with Crippen molar-refractivity contribution in [2.45, 2.75) is 6.36 Å². The zero-order valence-corrected chi connectivity index (χ0v) is 21.1. The summed E-state index contributed by atoms with van der Waals surface area (Å²) in [4.78, 5) is 12.4. The van der Waals surface area contributed by atoms with E-state index in [-0.39, 0.29) is 5.56 Å². The molecule has 200 valence electrons. The van der Waals surface area contributed by atoms with Crippen LogP contribution in [0, 0.1) is 0 Å². The third-order valence-corrected chi connectivity index (χ3v) is 5.22. The van der Waals surface area contributed by atoms with E-state index in [0.717, 1.165) is 23.3 Å². The quantitative estimate of drug-likeness (QED) is 0.170. The molecule has 3 rings (SSSR count). The van der Waals surface area contributed by atoms with Crippen LogP contribution in [0.2, 0.25) is 0 Å². The first kappa shape index (κ1) is 28.0. The van der Waals surface area contributed by atoms with E-state index in [4.69, 9.17) is 18.9 Å². The fourth-order valence-electron chi connectivity index (χ4n) is 3.46. The summed E-state index contributed by atoms with van der Waals surface area (Å²) in [5.74, 6) is 1.28. The molecule has 0 saturated carbocycles. The summed E-state index contributed by atoms with van der Waals surface area (Å²) in [5, 5.41) is 3.01. The third-order valence-electron chi connectivity index (χ3n) is 5.22. The minimum absolute atomic E-state index is 0.201. The molecule has 3 aromatic rings. The number of halogens is 3. The molecule has 7 nitrogen and oxygen atoms in total. The minimum atomic E-state index is -4.80. The van der Waals surface area contributed by atoms with Gasteiger partial charge in [0.25, 0.3) is 0 Å². The highest BCUT2D eigenvalue weighted by molar-refractivity contribution is 6.04. The Hall–Kier alpha value is -4.60. The zero-order chi connectivity index (χ0) is 27.7. The average Bonchev–Trinajstić information content (AvgIpc) is 2.90. The fraction of sp³-hybridized carbons (Fsp3) is 0.179. The molecule has 0 aromatic heterocycles. The molecule has 0 amide bonds. The van der Waals surface area contributed by atoms with Gasteiger partial charge in [0.05, 0.1) is 34.1 Å². The largest absolute Gasteiger partial charge is 0.573 e. The molecule has 10 heteroatoms. The maximum atomic E-state index is 12.4. The molecule has 0 fully saturated rings. The van der Waals surface area contributed by atoms with Gasteiger partial charge in [-0.15, -0.1) is 13.2 Å². The number of carbonyl (C=O) groups excluding carboxylic acids is 1. The highest BCUT2D eigenvalue weighted by Crippen LogP contribution is 2.38. The highest BCUT2D eigenvalue weighted by atomic mass is 19.4. The van der Waals surface area contributed by atoms with Crippen LogP contribution in [0.1, 0.15) is 21.5 Å². The monoisotopic (exact) mass is 529 g/mol. The smallest absolute Gasteiger partial charge is 0.495 e. The van der Waals surface area contributed by atoms with Crippen molar-refractivity contribution in [2.75, 3.05) is 33.8 Å². The van der Waals surface area contributed by atoms with Gasteiger partial charge in [0, 0.05) is 17.8 Å². The van der Waals surface area contributed by atoms with Gasteiger partial charge in [0.2, 0.25) is 5.75 Å². The molecule has 38 heavy (non-hydrogen) atoms. The van der Waals surface area contributed by atoms with Crippen molar-refractivity contribution in [2.24, 2.45) is 0 Å². The molecule has 0 bridgehead atoms. The average molecular weight is 530 g/mol. The Labute approximate surface area is 218 Å². The number of benzene rings is 3. The van der Waals surface area contributed by atoms with Crippen LogP contribution < -0.4 is 29.0 Å². The van der Waals surface area contributed by atoms with E-state index in [1.54, 1.807) is 20.3 Å². The van der Waals surface area contributed by atoms with Crippen LogP contribution in [0.5, 0.6) is 28.7 Å². The Kier molecular flexibility index (Phi) is 9.26. The number of carbonyl (C=O) groups is 1. The second-order valence-corrected chi connectivity index (χ2v) is 7.67. The van der Waals surface area contributed by atoms with Gasteiger partial charge >= 0.3 is 6.36 Å². The number of alkyl halides is 3. The van der Waals surface area contributed by atoms with E-state index in [1.165, 1.54) is 38.6 Å². The van der Waals surface area contributed by atoms with Crippen molar-refractivity contribution >= 4 is 23.6 Å². The summed E-state index contributed by atoms with van der Waals surface area (Å²) in [7, 11) is 6.14.